The molecule has 1 saturated heterocycles. The zero-order valence-electron chi connectivity index (χ0n) is 17.4. The van der Waals surface area contributed by atoms with E-state index in [9.17, 15) is 18.0 Å². The van der Waals surface area contributed by atoms with Gasteiger partial charge in [-0.25, -0.2) is 4.98 Å². The summed E-state index contributed by atoms with van der Waals surface area (Å²) in [6, 6.07) is 2.83. The van der Waals surface area contributed by atoms with Crippen LogP contribution in [0.15, 0.2) is 29.0 Å². The normalized spacial score (nSPS) is 16.7. The fourth-order valence-corrected chi connectivity index (χ4v) is 4.13. The number of amides is 1. The molecular formula is C21H24F3N5O2. The number of halogens is 3. The van der Waals surface area contributed by atoms with E-state index in [0.29, 0.717) is 44.5 Å². The molecule has 10 heteroatoms. The van der Waals surface area contributed by atoms with Crippen LogP contribution < -0.4 is 0 Å². The maximum absolute atomic E-state index is 13.7. The number of alkyl halides is 3. The number of aryl methyl sites for hydroxylation is 1. The van der Waals surface area contributed by atoms with Crippen molar-refractivity contribution in [3.63, 3.8) is 0 Å². The number of rotatable bonds is 5. The Morgan fingerprint density at radius 1 is 1.32 bits per heavy atom. The molecule has 0 saturated carbocycles. The van der Waals surface area contributed by atoms with Crippen molar-refractivity contribution in [2.24, 2.45) is 0 Å². The molecule has 1 amide bonds. The molecular weight excluding hydrogens is 411 g/mol. The van der Waals surface area contributed by atoms with Gasteiger partial charge in [0.15, 0.2) is 0 Å². The zero-order chi connectivity index (χ0) is 22.2. The van der Waals surface area contributed by atoms with E-state index in [4.69, 9.17) is 4.52 Å². The molecule has 4 rings (SSSR count). The molecule has 4 heterocycles. The van der Waals surface area contributed by atoms with E-state index in [2.05, 4.69) is 15.2 Å². The second kappa shape index (κ2) is 8.32. The van der Waals surface area contributed by atoms with E-state index < -0.39 is 11.7 Å². The molecule has 1 aliphatic heterocycles. The van der Waals surface area contributed by atoms with Crippen molar-refractivity contribution in [2.45, 2.75) is 57.7 Å². The Bertz CT molecular complexity index is 1050. The maximum Gasteiger partial charge on any atom is 0.417 e. The number of carbonyl (C=O) groups is 1. The number of likely N-dealkylation sites (tertiary alicyclic amines) is 1. The van der Waals surface area contributed by atoms with Gasteiger partial charge in [-0.15, -0.1) is 0 Å². The Labute approximate surface area is 177 Å². The van der Waals surface area contributed by atoms with E-state index in [1.165, 1.54) is 0 Å². The summed E-state index contributed by atoms with van der Waals surface area (Å²) in [4.78, 5) is 18.6. The van der Waals surface area contributed by atoms with Crippen molar-refractivity contribution in [2.75, 3.05) is 13.1 Å². The lowest BCUT2D eigenvalue weighted by atomic mass is 9.90. The summed E-state index contributed by atoms with van der Waals surface area (Å²) in [6.45, 7) is 4.60. The number of fused-ring (bicyclic) bond motifs is 1. The monoisotopic (exact) mass is 435 g/mol. The highest BCUT2D eigenvalue weighted by Gasteiger charge is 2.38. The van der Waals surface area contributed by atoms with Gasteiger partial charge in [0.25, 0.3) is 5.71 Å². The van der Waals surface area contributed by atoms with E-state index >= 15 is 0 Å². The van der Waals surface area contributed by atoms with Gasteiger partial charge >= 0.3 is 6.18 Å². The van der Waals surface area contributed by atoms with E-state index in [1.807, 2.05) is 19.2 Å². The van der Waals surface area contributed by atoms with Gasteiger partial charge in [0.2, 0.25) is 5.91 Å². The lowest BCUT2D eigenvalue weighted by Gasteiger charge is -2.32. The SMILES string of the molecule is CCc1cc(C(F)(F)F)c2c(C3CCN(C(=O)C[C@H](C)n4cccn4)CC3)noc2n1. The minimum Gasteiger partial charge on any atom is -0.343 e. The molecule has 0 aromatic carbocycles. The summed E-state index contributed by atoms with van der Waals surface area (Å²) in [5, 5.41) is 8.07. The zero-order valence-corrected chi connectivity index (χ0v) is 17.4. The van der Waals surface area contributed by atoms with Crippen LogP contribution in [0.2, 0.25) is 0 Å². The second-order valence-electron chi connectivity index (χ2n) is 7.95. The average Bonchev–Trinajstić information content (AvgIpc) is 3.42. The van der Waals surface area contributed by atoms with Crippen LogP contribution in [0.1, 0.15) is 62.0 Å². The van der Waals surface area contributed by atoms with Gasteiger partial charge < -0.3 is 9.42 Å². The molecule has 3 aromatic rings. The molecule has 0 radical (unpaired) electrons. The van der Waals surface area contributed by atoms with Gasteiger partial charge in [0.05, 0.1) is 22.7 Å². The van der Waals surface area contributed by atoms with Crippen LogP contribution >= 0.6 is 0 Å². The van der Waals surface area contributed by atoms with Gasteiger partial charge in [0.1, 0.15) is 0 Å². The second-order valence-corrected chi connectivity index (χ2v) is 7.95. The number of aromatic nitrogens is 4. The number of hydrogen-bond acceptors (Lipinski definition) is 5. The summed E-state index contributed by atoms with van der Waals surface area (Å²) >= 11 is 0. The van der Waals surface area contributed by atoms with Gasteiger partial charge in [-0.1, -0.05) is 12.1 Å². The van der Waals surface area contributed by atoms with Crippen molar-refractivity contribution in [1.82, 2.24) is 24.8 Å². The first-order valence-electron chi connectivity index (χ1n) is 10.4. The van der Waals surface area contributed by atoms with E-state index in [0.717, 1.165) is 6.07 Å². The van der Waals surface area contributed by atoms with E-state index in [-0.39, 0.29) is 34.7 Å². The Morgan fingerprint density at radius 2 is 2.06 bits per heavy atom. The van der Waals surface area contributed by atoms with Crippen molar-refractivity contribution in [1.29, 1.82) is 0 Å². The predicted octanol–water partition coefficient (Wildman–Crippen LogP) is 4.36. The fraction of sp³-hybridized carbons (Fsp3) is 0.524. The summed E-state index contributed by atoms with van der Waals surface area (Å²) in [5.74, 6) is -0.207. The highest BCUT2D eigenvalue weighted by molar-refractivity contribution is 5.82. The number of piperidine rings is 1. The predicted molar refractivity (Wildman–Crippen MR) is 106 cm³/mol. The van der Waals surface area contributed by atoms with Crippen LogP contribution in [0.3, 0.4) is 0 Å². The largest absolute Gasteiger partial charge is 0.417 e. The van der Waals surface area contributed by atoms with E-state index in [1.54, 1.807) is 22.7 Å². The molecule has 0 aliphatic carbocycles. The number of nitrogens with zero attached hydrogens (tertiary/aromatic N) is 5. The lowest BCUT2D eigenvalue weighted by Crippen LogP contribution is -2.38. The van der Waals surface area contributed by atoms with Gasteiger partial charge in [-0.05, 0) is 38.3 Å². The summed E-state index contributed by atoms with van der Waals surface area (Å²) < 4.78 is 48.1. The Morgan fingerprint density at radius 3 is 2.68 bits per heavy atom. The molecule has 7 nitrogen and oxygen atoms in total. The number of pyridine rings is 1. The minimum atomic E-state index is -4.52. The highest BCUT2D eigenvalue weighted by atomic mass is 19.4. The maximum atomic E-state index is 13.7. The number of carbonyl (C=O) groups excluding carboxylic acids is 1. The van der Waals surface area contributed by atoms with Crippen LogP contribution in [0.5, 0.6) is 0 Å². The van der Waals surface area contributed by atoms with Crippen LogP contribution in [-0.4, -0.2) is 43.8 Å². The quantitative estimate of drug-likeness (QED) is 0.595. The summed E-state index contributed by atoms with van der Waals surface area (Å²) in [5.41, 5.74) is -0.228. The van der Waals surface area contributed by atoms with Gasteiger partial charge in [0, 0.05) is 43.5 Å². The molecule has 0 bridgehead atoms. The first-order valence-corrected chi connectivity index (χ1v) is 10.4. The first-order chi connectivity index (χ1) is 14.8. The van der Waals surface area contributed by atoms with Crippen molar-refractivity contribution in [3.05, 3.63) is 41.5 Å². The van der Waals surface area contributed by atoms with Crippen LogP contribution in [0.4, 0.5) is 13.2 Å². The Hall–Kier alpha value is -2.91. The standard InChI is InChI=1S/C21H24F3N5O2/c1-3-15-12-16(21(22,23)24)18-19(27-31-20(18)26-15)14-5-9-28(10-6-14)17(30)11-13(2)29-8-4-7-25-29/h4,7-8,12-14H,3,5-6,9-11H2,1-2H3/t13-/m0/s1. The Balaban J connectivity index is 1.49. The molecule has 0 spiro atoms. The molecule has 0 N–H and O–H groups in total. The van der Waals surface area contributed by atoms with Crippen LogP contribution in [0.25, 0.3) is 11.1 Å². The molecule has 1 atom stereocenters. The molecule has 0 unspecified atom stereocenters. The third-order valence-corrected chi connectivity index (χ3v) is 5.87. The highest BCUT2D eigenvalue weighted by Crippen LogP contribution is 2.40. The van der Waals surface area contributed by atoms with Crippen molar-refractivity contribution < 1.29 is 22.5 Å². The molecule has 1 aliphatic rings. The third kappa shape index (κ3) is 4.28. The van der Waals surface area contributed by atoms with Gasteiger partial charge in [-0.2, -0.15) is 18.3 Å². The summed E-state index contributed by atoms with van der Waals surface area (Å²) in [7, 11) is 0. The third-order valence-electron chi connectivity index (χ3n) is 5.87. The minimum absolute atomic E-state index is 0.0108. The van der Waals surface area contributed by atoms with Gasteiger partial charge in [-0.3, -0.25) is 9.48 Å². The Kier molecular flexibility index (Phi) is 5.72. The first kappa shape index (κ1) is 21.3. The average molecular weight is 435 g/mol. The van der Waals surface area contributed by atoms with Crippen LogP contribution in [-0.2, 0) is 17.4 Å². The molecule has 31 heavy (non-hydrogen) atoms. The van der Waals surface area contributed by atoms with Crippen LogP contribution in [0, 0.1) is 0 Å². The van der Waals surface area contributed by atoms with Crippen molar-refractivity contribution in [3.8, 4) is 0 Å². The molecule has 3 aromatic heterocycles. The fourth-order valence-electron chi connectivity index (χ4n) is 4.13. The topological polar surface area (TPSA) is 77.0 Å². The van der Waals surface area contributed by atoms with Crippen molar-refractivity contribution >= 4 is 17.0 Å². The number of hydrogen-bond donors (Lipinski definition) is 0. The molecule has 1 fully saturated rings. The molecule has 166 valence electrons. The smallest absolute Gasteiger partial charge is 0.343 e. The summed E-state index contributed by atoms with van der Waals surface area (Å²) in [6.07, 6.45) is 0.698. The lowest BCUT2D eigenvalue weighted by molar-refractivity contribution is -0.136.